The third kappa shape index (κ3) is 3.96. The molecule has 0 spiro atoms. The van der Waals surface area contributed by atoms with Crippen LogP contribution in [0.25, 0.3) is 44.2 Å². The smallest absolute Gasteiger partial charge is 0.182 e. The Labute approximate surface area is 212 Å². The summed E-state index contributed by atoms with van der Waals surface area (Å²) in [7, 11) is 5.19. The van der Waals surface area contributed by atoms with Crippen LogP contribution < -0.4 is 19.6 Å². The molecule has 186 valence electrons. The van der Waals surface area contributed by atoms with Gasteiger partial charge in [0.2, 0.25) is 0 Å². The highest BCUT2D eigenvalue weighted by molar-refractivity contribution is 6.14. The van der Waals surface area contributed by atoms with E-state index in [-0.39, 0.29) is 5.43 Å². The minimum atomic E-state index is -0.108. The average Bonchev–Trinajstić information content (AvgIpc) is 3.47. The monoisotopic (exact) mass is 495 g/mol. The van der Waals surface area contributed by atoms with Crippen molar-refractivity contribution < 1.29 is 18.6 Å². The van der Waals surface area contributed by atoms with Crippen LogP contribution in [0.15, 0.2) is 76.1 Å². The summed E-state index contributed by atoms with van der Waals surface area (Å²) in [5, 5.41) is 4.89. The highest BCUT2D eigenvalue weighted by Gasteiger charge is 2.21. The van der Waals surface area contributed by atoms with Crippen LogP contribution in [0.5, 0.6) is 17.2 Å². The summed E-state index contributed by atoms with van der Waals surface area (Å²) in [5.74, 6) is 2.10. The number of aryl methyl sites for hydroxylation is 1. The van der Waals surface area contributed by atoms with Crippen molar-refractivity contribution in [2.75, 3.05) is 20.8 Å². The second-order valence-corrected chi connectivity index (χ2v) is 8.81. The quantitative estimate of drug-likeness (QED) is 0.316. The van der Waals surface area contributed by atoms with Crippen molar-refractivity contribution in [3.8, 4) is 28.4 Å². The average molecular weight is 496 g/mol. The molecule has 0 fully saturated rings. The van der Waals surface area contributed by atoms with Crippen LogP contribution in [-0.2, 0) is 13.5 Å². The largest absolute Gasteiger partial charge is 0.497 e. The van der Waals surface area contributed by atoms with Gasteiger partial charge in [-0.15, -0.1) is 0 Å². The Hall–Kier alpha value is -4.72. The second-order valence-electron chi connectivity index (χ2n) is 8.81. The van der Waals surface area contributed by atoms with E-state index < -0.39 is 0 Å². The second kappa shape index (κ2) is 9.05. The zero-order chi connectivity index (χ0) is 25.5. The molecule has 3 aromatic carbocycles. The van der Waals surface area contributed by atoms with E-state index in [1.165, 1.54) is 12.1 Å². The van der Waals surface area contributed by atoms with E-state index in [9.17, 15) is 4.79 Å². The van der Waals surface area contributed by atoms with Crippen molar-refractivity contribution in [2.45, 2.75) is 6.42 Å². The molecule has 8 heteroatoms. The first-order chi connectivity index (χ1) is 18.1. The highest BCUT2D eigenvalue weighted by atomic mass is 16.5. The summed E-state index contributed by atoms with van der Waals surface area (Å²) in [4.78, 5) is 16.8. The summed E-state index contributed by atoms with van der Waals surface area (Å²) in [6, 6.07) is 18.6. The lowest BCUT2D eigenvalue weighted by Gasteiger charge is -2.13. The van der Waals surface area contributed by atoms with Crippen LogP contribution in [0, 0.1) is 0 Å². The van der Waals surface area contributed by atoms with Gasteiger partial charge in [0.1, 0.15) is 16.8 Å². The molecule has 0 aliphatic rings. The number of nitrogens with zero attached hydrogens (tertiary/aromatic N) is 2. The number of nitrogens with one attached hydrogen (secondary N) is 1. The molecule has 0 aliphatic heterocycles. The number of H-pyrrole nitrogens is 1. The SMILES string of the molecule is COc1ccc(CCOc2ccc(-c3c4c[nH]n(C)c4nc4c3oc3cc(=O)ccc34)cc2OC)cc1. The predicted molar refractivity (Wildman–Crippen MR) is 143 cm³/mol. The van der Waals surface area contributed by atoms with Gasteiger partial charge in [-0.1, -0.05) is 18.2 Å². The number of hydrogen-bond acceptors (Lipinski definition) is 6. The summed E-state index contributed by atoms with van der Waals surface area (Å²) >= 11 is 0. The summed E-state index contributed by atoms with van der Waals surface area (Å²) < 4.78 is 25.1. The molecule has 6 aromatic rings. The molecule has 3 heterocycles. The van der Waals surface area contributed by atoms with E-state index in [2.05, 4.69) is 5.10 Å². The normalized spacial score (nSPS) is 11.4. The lowest BCUT2D eigenvalue weighted by molar-refractivity contribution is 0.298. The first-order valence-corrected chi connectivity index (χ1v) is 11.9. The van der Waals surface area contributed by atoms with Crippen molar-refractivity contribution in [2.24, 2.45) is 7.05 Å². The topological polar surface area (TPSA) is 91.5 Å². The van der Waals surface area contributed by atoms with Gasteiger partial charge >= 0.3 is 0 Å². The number of ether oxygens (including phenoxy) is 3. The molecule has 0 radical (unpaired) electrons. The van der Waals surface area contributed by atoms with Crippen LogP contribution in [0.4, 0.5) is 0 Å². The maximum absolute atomic E-state index is 12.0. The van der Waals surface area contributed by atoms with Gasteiger partial charge in [-0.2, -0.15) is 0 Å². The number of fused-ring (bicyclic) bond motifs is 4. The number of hydrogen-bond donors (Lipinski definition) is 1. The van der Waals surface area contributed by atoms with Gasteiger partial charge in [0.15, 0.2) is 28.2 Å². The van der Waals surface area contributed by atoms with Gasteiger partial charge in [-0.05, 0) is 47.5 Å². The number of benzene rings is 3. The first kappa shape index (κ1) is 22.7. The van der Waals surface area contributed by atoms with Crippen LogP contribution in [-0.4, -0.2) is 35.6 Å². The van der Waals surface area contributed by atoms with E-state index >= 15 is 0 Å². The van der Waals surface area contributed by atoms with Crippen LogP contribution in [0.3, 0.4) is 0 Å². The number of methoxy groups -OCH3 is 2. The van der Waals surface area contributed by atoms with Crippen LogP contribution in [0.1, 0.15) is 5.56 Å². The van der Waals surface area contributed by atoms with Gasteiger partial charge in [-0.25, -0.2) is 4.98 Å². The number of aromatic nitrogens is 3. The fourth-order valence-corrected chi connectivity index (χ4v) is 4.66. The lowest BCUT2D eigenvalue weighted by Crippen LogP contribution is -2.03. The third-order valence-corrected chi connectivity index (χ3v) is 6.57. The fourth-order valence-electron chi connectivity index (χ4n) is 4.66. The Morgan fingerprint density at radius 1 is 0.946 bits per heavy atom. The van der Waals surface area contributed by atoms with E-state index in [1.54, 1.807) is 20.3 Å². The van der Waals surface area contributed by atoms with Crippen molar-refractivity contribution in [3.63, 3.8) is 0 Å². The molecule has 8 nitrogen and oxygen atoms in total. The molecule has 0 saturated carbocycles. The number of rotatable bonds is 7. The predicted octanol–water partition coefficient (Wildman–Crippen LogP) is 5.47. The third-order valence-electron chi connectivity index (χ3n) is 6.57. The van der Waals surface area contributed by atoms with Gasteiger partial charge in [0.25, 0.3) is 0 Å². The molecule has 0 saturated heterocycles. The van der Waals surface area contributed by atoms with Crippen LogP contribution in [0.2, 0.25) is 0 Å². The van der Waals surface area contributed by atoms with Crippen molar-refractivity contribution in [1.29, 1.82) is 0 Å². The zero-order valence-corrected chi connectivity index (χ0v) is 20.7. The first-order valence-electron chi connectivity index (χ1n) is 11.9. The van der Waals surface area contributed by atoms with Crippen molar-refractivity contribution in [3.05, 3.63) is 82.6 Å². The molecule has 0 amide bonds. The number of aromatic amines is 1. The Kier molecular flexibility index (Phi) is 5.56. The molecule has 0 bridgehead atoms. The van der Waals surface area contributed by atoms with Crippen LogP contribution >= 0.6 is 0 Å². The maximum atomic E-state index is 12.0. The summed E-state index contributed by atoms with van der Waals surface area (Å²) in [6.07, 6.45) is 2.65. The molecular formula is C29H25N3O5. The van der Waals surface area contributed by atoms with Gasteiger partial charge < -0.3 is 23.7 Å². The Bertz CT molecular complexity index is 1810. The minimum absolute atomic E-state index is 0.108. The van der Waals surface area contributed by atoms with Gasteiger partial charge in [0.05, 0.1) is 20.8 Å². The molecule has 1 N–H and O–H groups in total. The maximum Gasteiger partial charge on any atom is 0.182 e. The van der Waals surface area contributed by atoms with E-state index in [4.69, 9.17) is 23.6 Å². The van der Waals surface area contributed by atoms with Crippen molar-refractivity contribution in [1.82, 2.24) is 14.8 Å². The van der Waals surface area contributed by atoms with Gasteiger partial charge in [-0.3, -0.25) is 9.48 Å². The molecule has 0 atom stereocenters. The van der Waals surface area contributed by atoms with Gasteiger partial charge in [0, 0.05) is 42.1 Å². The molecule has 37 heavy (non-hydrogen) atoms. The highest BCUT2D eigenvalue weighted by Crippen LogP contribution is 2.41. The molecule has 3 aromatic heterocycles. The van der Waals surface area contributed by atoms with E-state index in [0.29, 0.717) is 34.8 Å². The number of furan rings is 1. The summed E-state index contributed by atoms with van der Waals surface area (Å²) in [5.41, 5.74) is 5.40. The lowest BCUT2D eigenvalue weighted by atomic mass is 10.0. The molecule has 6 rings (SSSR count). The standard InChI is InChI=1S/C29H25N3O5/c1-32-29-22(16-30-32)26(28-27(31-29)21-10-7-19(33)15-24(21)37-28)18-6-11-23(25(14-18)35-3)36-13-12-17-4-8-20(34-2)9-5-17/h4-11,14-16,30H,12-13H2,1-3H3. The fraction of sp³-hybridized carbons (Fsp3) is 0.172. The molecular weight excluding hydrogens is 470 g/mol. The Morgan fingerprint density at radius 2 is 1.78 bits per heavy atom. The summed E-state index contributed by atoms with van der Waals surface area (Å²) in [6.45, 7) is 0.501. The Morgan fingerprint density at radius 3 is 2.57 bits per heavy atom. The molecule has 0 aliphatic carbocycles. The minimum Gasteiger partial charge on any atom is -0.497 e. The van der Waals surface area contributed by atoms with E-state index in [1.807, 2.05) is 60.4 Å². The number of pyridine rings is 1. The van der Waals surface area contributed by atoms with E-state index in [0.717, 1.165) is 45.3 Å². The Balaban J connectivity index is 1.39. The van der Waals surface area contributed by atoms with Crippen molar-refractivity contribution >= 4 is 33.1 Å². The zero-order valence-electron chi connectivity index (χ0n) is 20.7. The molecule has 0 unspecified atom stereocenters.